The van der Waals surface area contributed by atoms with Crippen molar-refractivity contribution in [2.45, 2.75) is 32.0 Å². The van der Waals surface area contributed by atoms with Crippen molar-refractivity contribution in [3.8, 4) is 17.2 Å². The zero-order chi connectivity index (χ0) is 23.0. The normalized spacial score (nSPS) is 15.4. The second-order valence-corrected chi connectivity index (χ2v) is 8.01. The molecule has 0 spiro atoms. The summed E-state index contributed by atoms with van der Waals surface area (Å²) in [6.45, 7) is 3.99. The number of halogens is 3. The van der Waals surface area contributed by atoms with Crippen LogP contribution in [-0.4, -0.2) is 51.7 Å². The second kappa shape index (κ2) is 11.3. The fourth-order valence-corrected chi connectivity index (χ4v) is 4.02. The van der Waals surface area contributed by atoms with Gasteiger partial charge in [-0.3, -0.25) is 0 Å². The summed E-state index contributed by atoms with van der Waals surface area (Å²) >= 11 is 0. The van der Waals surface area contributed by atoms with Gasteiger partial charge < -0.3 is 24.4 Å². The van der Waals surface area contributed by atoms with Crippen LogP contribution in [0.25, 0.3) is 0 Å². The summed E-state index contributed by atoms with van der Waals surface area (Å²) in [4.78, 5) is 2.50. The van der Waals surface area contributed by atoms with E-state index < -0.39 is 6.36 Å². The van der Waals surface area contributed by atoms with E-state index in [0.717, 1.165) is 69.0 Å². The van der Waals surface area contributed by atoms with E-state index in [1.165, 1.54) is 17.7 Å². The van der Waals surface area contributed by atoms with Crippen LogP contribution in [0.4, 0.5) is 18.9 Å². The van der Waals surface area contributed by atoms with E-state index in [4.69, 9.17) is 9.47 Å². The van der Waals surface area contributed by atoms with Crippen LogP contribution in [-0.2, 0) is 6.42 Å². The van der Waals surface area contributed by atoms with Crippen LogP contribution in [0.3, 0.4) is 0 Å². The lowest BCUT2D eigenvalue weighted by atomic mass is 9.93. The maximum absolute atomic E-state index is 12.2. The molecule has 0 saturated carbocycles. The molecule has 0 radical (unpaired) electrons. The van der Waals surface area contributed by atoms with E-state index in [0.29, 0.717) is 5.92 Å². The van der Waals surface area contributed by atoms with Gasteiger partial charge >= 0.3 is 6.36 Å². The summed E-state index contributed by atoms with van der Waals surface area (Å²) in [5.41, 5.74) is 2.03. The Morgan fingerprint density at radius 3 is 2.28 bits per heavy atom. The molecule has 1 heterocycles. The van der Waals surface area contributed by atoms with Crippen molar-refractivity contribution in [1.82, 2.24) is 4.90 Å². The van der Waals surface area contributed by atoms with E-state index in [9.17, 15) is 13.2 Å². The molecule has 176 valence electrons. The molecule has 0 amide bonds. The van der Waals surface area contributed by atoms with Gasteiger partial charge in [0.25, 0.3) is 0 Å². The molecule has 1 N–H and O–H groups in total. The van der Waals surface area contributed by atoms with Gasteiger partial charge in [-0.25, -0.2) is 0 Å². The van der Waals surface area contributed by atoms with Gasteiger partial charge in [0.1, 0.15) is 5.75 Å². The van der Waals surface area contributed by atoms with Crippen molar-refractivity contribution in [2.75, 3.05) is 45.7 Å². The lowest BCUT2D eigenvalue weighted by molar-refractivity contribution is -0.274. The molecule has 8 heteroatoms. The maximum atomic E-state index is 12.2. The number of hydrogen-bond donors (Lipinski definition) is 1. The molecule has 0 aliphatic carbocycles. The third kappa shape index (κ3) is 7.51. The zero-order valence-corrected chi connectivity index (χ0v) is 18.6. The zero-order valence-electron chi connectivity index (χ0n) is 18.6. The monoisotopic (exact) mass is 452 g/mol. The van der Waals surface area contributed by atoms with Crippen LogP contribution in [0.5, 0.6) is 17.2 Å². The van der Waals surface area contributed by atoms with Gasteiger partial charge in [0.2, 0.25) is 0 Å². The number of alkyl halides is 3. The predicted molar refractivity (Wildman–Crippen MR) is 119 cm³/mol. The standard InChI is InChI=1S/C24H31F3N2O3/c1-30-22-8-3-19(17-23(22)31-2)12-16-29-14-10-18(11-15-29)9-13-28-20-4-6-21(7-5-20)32-24(25,26)27/h3-8,17-18,28H,9-16H2,1-2H3. The number of piperidine rings is 1. The van der Waals surface area contributed by atoms with E-state index in [1.54, 1.807) is 26.4 Å². The lowest BCUT2D eigenvalue weighted by Gasteiger charge is -2.32. The number of nitrogens with zero attached hydrogens (tertiary/aromatic N) is 1. The minimum Gasteiger partial charge on any atom is -0.493 e. The molecule has 0 aromatic heterocycles. The predicted octanol–water partition coefficient (Wildman–Crippen LogP) is 5.36. The molecule has 2 aromatic carbocycles. The van der Waals surface area contributed by atoms with E-state index in [1.807, 2.05) is 12.1 Å². The van der Waals surface area contributed by atoms with E-state index in [-0.39, 0.29) is 5.75 Å². The van der Waals surface area contributed by atoms with Crippen LogP contribution < -0.4 is 19.5 Å². The Bertz CT molecular complexity index is 835. The van der Waals surface area contributed by atoms with E-state index in [2.05, 4.69) is 21.0 Å². The molecule has 32 heavy (non-hydrogen) atoms. The summed E-state index contributed by atoms with van der Waals surface area (Å²) in [6.07, 6.45) is -0.325. The number of ether oxygens (including phenoxy) is 3. The van der Waals surface area contributed by atoms with Gasteiger partial charge in [-0.2, -0.15) is 0 Å². The third-order valence-electron chi connectivity index (χ3n) is 5.84. The molecule has 3 rings (SSSR count). The van der Waals surface area contributed by atoms with Gasteiger partial charge in [-0.05, 0) is 86.7 Å². The average molecular weight is 453 g/mol. The minimum absolute atomic E-state index is 0.205. The van der Waals surface area contributed by atoms with Crippen molar-refractivity contribution < 1.29 is 27.4 Å². The SMILES string of the molecule is COc1ccc(CCN2CCC(CCNc3ccc(OC(F)(F)F)cc3)CC2)cc1OC. The topological polar surface area (TPSA) is 43.0 Å². The maximum Gasteiger partial charge on any atom is 0.573 e. The molecular formula is C24H31F3N2O3. The fraction of sp³-hybridized carbons (Fsp3) is 0.500. The van der Waals surface area contributed by atoms with Gasteiger partial charge in [-0.15, -0.1) is 13.2 Å². The first-order valence-electron chi connectivity index (χ1n) is 10.9. The summed E-state index contributed by atoms with van der Waals surface area (Å²) < 4.78 is 51.2. The van der Waals surface area contributed by atoms with Gasteiger partial charge in [0.15, 0.2) is 11.5 Å². The van der Waals surface area contributed by atoms with Crippen molar-refractivity contribution in [1.29, 1.82) is 0 Å². The van der Waals surface area contributed by atoms with Crippen molar-refractivity contribution >= 4 is 5.69 Å². The fourth-order valence-electron chi connectivity index (χ4n) is 4.02. The van der Waals surface area contributed by atoms with Crippen LogP contribution in [0.2, 0.25) is 0 Å². The molecule has 1 aliphatic heterocycles. The van der Waals surface area contributed by atoms with Gasteiger partial charge in [0, 0.05) is 18.8 Å². The highest BCUT2D eigenvalue weighted by atomic mass is 19.4. The molecule has 0 unspecified atom stereocenters. The van der Waals surface area contributed by atoms with Gasteiger partial charge in [0.05, 0.1) is 14.2 Å². The molecule has 2 aromatic rings. The molecule has 1 fully saturated rings. The number of methoxy groups -OCH3 is 2. The second-order valence-electron chi connectivity index (χ2n) is 8.01. The van der Waals surface area contributed by atoms with Crippen molar-refractivity contribution in [3.05, 3.63) is 48.0 Å². The Balaban J connectivity index is 1.34. The number of nitrogens with one attached hydrogen (secondary N) is 1. The first-order valence-corrected chi connectivity index (χ1v) is 10.9. The molecule has 1 saturated heterocycles. The first kappa shape index (κ1) is 24.0. The van der Waals surface area contributed by atoms with Crippen LogP contribution in [0.1, 0.15) is 24.8 Å². The van der Waals surface area contributed by atoms with Crippen molar-refractivity contribution in [3.63, 3.8) is 0 Å². The molecular weight excluding hydrogens is 421 g/mol. The number of hydrogen-bond acceptors (Lipinski definition) is 5. The molecule has 0 bridgehead atoms. The summed E-state index contributed by atoms with van der Waals surface area (Å²) in [6, 6.07) is 11.9. The third-order valence-corrected chi connectivity index (χ3v) is 5.84. The average Bonchev–Trinajstić information content (AvgIpc) is 2.78. The molecule has 1 aliphatic rings. The van der Waals surface area contributed by atoms with Crippen molar-refractivity contribution in [2.24, 2.45) is 5.92 Å². The summed E-state index contributed by atoms with van der Waals surface area (Å²) in [7, 11) is 3.29. The van der Waals surface area contributed by atoms with E-state index >= 15 is 0 Å². The highest BCUT2D eigenvalue weighted by Crippen LogP contribution is 2.28. The first-order chi connectivity index (χ1) is 15.4. The molecule has 5 nitrogen and oxygen atoms in total. The Morgan fingerprint density at radius 1 is 0.969 bits per heavy atom. The van der Waals surface area contributed by atoms with Crippen LogP contribution in [0, 0.1) is 5.92 Å². The number of anilines is 1. The van der Waals surface area contributed by atoms with Gasteiger partial charge in [-0.1, -0.05) is 6.07 Å². The highest BCUT2D eigenvalue weighted by Gasteiger charge is 2.31. The Labute approximate surface area is 187 Å². The minimum atomic E-state index is -4.66. The Hall–Kier alpha value is -2.61. The smallest absolute Gasteiger partial charge is 0.493 e. The number of likely N-dealkylation sites (tertiary alicyclic amines) is 1. The molecule has 0 atom stereocenters. The lowest BCUT2D eigenvalue weighted by Crippen LogP contribution is -2.35. The Morgan fingerprint density at radius 2 is 1.66 bits per heavy atom. The van der Waals surface area contributed by atoms with Crippen LogP contribution >= 0.6 is 0 Å². The summed E-state index contributed by atoms with van der Waals surface area (Å²) in [5, 5.41) is 3.29. The Kier molecular flexibility index (Phi) is 8.50. The quantitative estimate of drug-likeness (QED) is 0.526. The number of benzene rings is 2. The number of rotatable bonds is 10. The van der Waals surface area contributed by atoms with Crippen LogP contribution in [0.15, 0.2) is 42.5 Å². The summed E-state index contributed by atoms with van der Waals surface area (Å²) in [5.74, 6) is 1.96. The highest BCUT2D eigenvalue weighted by molar-refractivity contribution is 5.46. The largest absolute Gasteiger partial charge is 0.573 e.